The molecule has 0 saturated heterocycles. The number of nitrogens with zero attached hydrogens (tertiary/aromatic N) is 1. The first-order chi connectivity index (χ1) is 15.6. The molecule has 5 rings (SSSR count). The van der Waals surface area contributed by atoms with Gasteiger partial charge < -0.3 is 19.9 Å². The highest BCUT2D eigenvalue weighted by molar-refractivity contribution is 6.15. The first-order valence-electron chi connectivity index (χ1n) is 11.6. The van der Waals surface area contributed by atoms with E-state index in [9.17, 15) is 9.90 Å². The Labute approximate surface area is 188 Å². The molecule has 32 heavy (non-hydrogen) atoms. The van der Waals surface area contributed by atoms with Crippen LogP contribution in [0.5, 0.6) is 11.5 Å². The maximum atomic E-state index is 12.4. The standard InChI is InChI=1S/C26H30N2O4/c1-3-32-24-13-20-19-11-10-18(29)12-22(19)28-25(21(20)14-23(24)31-2)15-4-6-16(7-5-15)26(30)27-17-8-9-17/h4-7,13-14,17-19,22,29H,3,8-12H2,1-2H3,(H,27,30). The zero-order valence-electron chi connectivity index (χ0n) is 18.6. The summed E-state index contributed by atoms with van der Waals surface area (Å²) in [4.78, 5) is 17.5. The van der Waals surface area contributed by atoms with Crippen LogP contribution in [0, 0.1) is 0 Å². The molecular weight excluding hydrogens is 404 g/mol. The van der Waals surface area contributed by atoms with E-state index in [-0.39, 0.29) is 24.0 Å². The van der Waals surface area contributed by atoms with Crippen molar-refractivity contribution in [2.75, 3.05) is 13.7 Å². The molecular formula is C26H30N2O4. The second-order valence-electron chi connectivity index (χ2n) is 8.97. The number of ether oxygens (including phenoxy) is 2. The number of fused-ring (bicyclic) bond motifs is 3. The lowest BCUT2D eigenvalue weighted by molar-refractivity contribution is 0.0951. The van der Waals surface area contributed by atoms with Gasteiger partial charge >= 0.3 is 0 Å². The van der Waals surface area contributed by atoms with Crippen LogP contribution in [0.1, 0.15) is 72.0 Å². The second kappa shape index (κ2) is 8.58. The number of carbonyl (C=O) groups is 1. The van der Waals surface area contributed by atoms with Gasteiger partial charge in [-0.05, 0) is 68.9 Å². The quantitative estimate of drug-likeness (QED) is 0.724. The van der Waals surface area contributed by atoms with E-state index in [4.69, 9.17) is 14.5 Å². The number of amides is 1. The third-order valence-corrected chi connectivity index (χ3v) is 6.71. The Bertz CT molecular complexity index is 1040. The summed E-state index contributed by atoms with van der Waals surface area (Å²) in [7, 11) is 1.65. The molecule has 2 saturated carbocycles. The van der Waals surface area contributed by atoms with Gasteiger partial charge in [-0.25, -0.2) is 0 Å². The van der Waals surface area contributed by atoms with E-state index in [1.54, 1.807) is 7.11 Å². The fraction of sp³-hybridized carbons (Fsp3) is 0.462. The van der Waals surface area contributed by atoms with Crippen molar-refractivity contribution >= 4 is 11.6 Å². The van der Waals surface area contributed by atoms with Crippen molar-refractivity contribution < 1.29 is 19.4 Å². The molecule has 168 valence electrons. The van der Waals surface area contributed by atoms with Gasteiger partial charge in [0.2, 0.25) is 0 Å². The van der Waals surface area contributed by atoms with Gasteiger partial charge in [0.15, 0.2) is 11.5 Å². The second-order valence-corrected chi connectivity index (χ2v) is 8.97. The van der Waals surface area contributed by atoms with Gasteiger partial charge in [0, 0.05) is 28.7 Å². The predicted octanol–water partition coefficient (Wildman–Crippen LogP) is 3.83. The van der Waals surface area contributed by atoms with Gasteiger partial charge in [0.1, 0.15) is 0 Å². The SMILES string of the molecule is CCOc1cc2c(cc1OC)C(c1ccc(C(=O)NC3CC3)cc1)=NC1CC(O)CCC21. The fourth-order valence-electron chi connectivity index (χ4n) is 4.89. The van der Waals surface area contributed by atoms with Crippen molar-refractivity contribution in [3.05, 3.63) is 58.7 Å². The van der Waals surface area contributed by atoms with Crippen LogP contribution in [0.25, 0.3) is 0 Å². The Kier molecular flexibility index (Phi) is 5.64. The van der Waals surface area contributed by atoms with Crippen molar-refractivity contribution in [1.82, 2.24) is 5.32 Å². The number of benzene rings is 2. The maximum Gasteiger partial charge on any atom is 0.251 e. The number of rotatable bonds is 6. The van der Waals surface area contributed by atoms with Gasteiger partial charge in [-0.1, -0.05) is 12.1 Å². The molecule has 6 heteroatoms. The molecule has 6 nitrogen and oxygen atoms in total. The van der Waals surface area contributed by atoms with Crippen LogP contribution in [0.3, 0.4) is 0 Å². The third kappa shape index (κ3) is 3.99. The summed E-state index contributed by atoms with van der Waals surface area (Å²) < 4.78 is 11.5. The number of nitrogens with one attached hydrogen (secondary N) is 1. The van der Waals surface area contributed by atoms with E-state index in [1.807, 2.05) is 37.3 Å². The Morgan fingerprint density at radius 2 is 1.91 bits per heavy atom. The highest BCUT2D eigenvalue weighted by Gasteiger charge is 2.37. The van der Waals surface area contributed by atoms with Crippen LogP contribution in [0.15, 0.2) is 41.4 Å². The summed E-state index contributed by atoms with van der Waals surface area (Å²) >= 11 is 0. The summed E-state index contributed by atoms with van der Waals surface area (Å²) in [5.41, 5.74) is 4.74. The topological polar surface area (TPSA) is 80.2 Å². The van der Waals surface area contributed by atoms with E-state index >= 15 is 0 Å². The predicted molar refractivity (Wildman–Crippen MR) is 123 cm³/mol. The fourth-order valence-corrected chi connectivity index (χ4v) is 4.89. The molecule has 2 aliphatic carbocycles. The lowest BCUT2D eigenvalue weighted by Gasteiger charge is -2.37. The van der Waals surface area contributed by atoms with Gasteiger partial charge in [-0.3, -0.25) is 9.79 Å². The number of aliphatic imine (C=N–C) groups is 1. The van der Waals surface area contributed by atoms with Crippen LogP contribution in [-0.4, -0.2) is 48.6 Å². The minimum absolute atomic E-state index is 0.0245. The third-order valence-electron chi connectivity index (χ3n) is 6.71. The monoisotopic (exact) mass is 434 g/mol. The first kappa shape index (κ1) is 21.0. The maximum absolute atomic E-state index is 12.4. The zero-order valence-corrected chi connectivity index (χ0v) is 18.6. The van der Waals surface area contributed by atoms with Crippen LogP contribution in [-0.2, 0) is 0 Å². The van der Waals surface area contributed by atoms with E-state index < -0.39 is 0 Å². The number of hydrogen-bond acceptors (Lipinski definition) is 5. The molecule has 1 amide bonds. The molecule has 0 bridgehead atoms. The highest BCUT2D eigenvalue weighted by atomic mass is 16.5. The Morgan fingerprint density at radius 3 is 2.59 bits per heavy atom. The van der Waals surface area contributed by atoms with Crippen molar-refractivity contribution in [3.63, 3.8) is 0 Å². The smallest absolute Gasteiger partial charge is 0.251 e. The summed E-state index contributed by atoms with van der Waals surface area (Å²) in [6.07, 6.45) is 4.15. The number of aliphatic hydroxyl groups excluding tert-OH is 1. The Hall–Kier alpha value is -2.86. The molecule has 1 aliphatic heterocycles. The first-order valence-corrected chi connectivity index (χ1v) is 11.6. The van der Waals surface area contributed by atoms with E-state index in [0.717, 1.165) is 48.3 Å². The molecule has 3 unspecified atom stereocenters. The molecule has 0 radical (unpaired) electrons. The Morgan fingerprint density at radius 1 is 1.12 bits per heavy atom. The minimum Gasteiger partial charge on any atom is -0.493 e. The molecule has 3 aliphatic rings. The van der Waals surface area contributed by atoms with Crippen LogP contribution < -0.4 is 14.8 Å². The summed E-state index contributed by atoms with van der Waals surface area (Å²) in [6, 6.07) is 12.1. The van der Waals surface area contributed by atoms with Gasteiger partial charge in [0.25, 0.3) is 5.91 Å². The number of methoxy groups -OCH3 is 1. The normalized spacial score (nSPS) is 24.1. The molecule has 3 atom stereocenters. The molecule has 0 spiro atoms. The van der Waals surface area contributed by atoms with E-state index in [2.05, 4.69) is 11.4 Å². The molecule has 2 aromatic rings. The van der Waals surface area contributed by atoms with E-state index in [0.29, 0.717) is 30.4 Å². The van der Waals surface area contributed by atoms with Crippen molar-refractivity contribution in [2.45, 2.75) is 63.1 Å². The van der Waals surface area contributed by atoms with Crippen LogP contribution >= 0.6 is 0 Å². The zero-order chi connectivity index (χ0) is 22.2. The van der Waals surface area contributed by atoms with Crippen molar-refractivity contribution in [2.24, 2.45) is 4.99 Å². The summed E-state index contributed by atoms with van der Waals surface area (Å²) in [5.74, 6) is 1.66. The van der Waals surface area contributed by atoms with E-state index in [1.165, 1.54) is 5.56 Å². The number of hydrogen-bond donors (Lipinski definition) is 2. The lowest BCUT2D eigenvalue weighted by atomic mass is 9.74. The summed E-state index contributed by atoms with van der Waals surface area (Å²) in [6.45, 7) is 2.53. The Balaban J connectivity index is 1.54. The molecule has 2 fully saturated rings. The number of aliphatic hydroxyl groups is 1. The lowest BCUT2D eigenvalue weighted by Crippen LogP contribution is -2.34. The van der Waals surface area contributed by atoms with Crippen LogP contribution in [0.4, 0.5) is 0 Å². The molecule has 0 aromatic heterocycles. The van der Waals surface area contributed by atoms with Gasteiger partial charge in [-0.15, -0.1) is 0 Å². The highest BCUT2D eigenvalue weighted by Crippen LogP contribution is 2.45. The average molecular weight is 435 g/mol. The van der Waals surface area contributed by atoms with Gasteiger partial charge in [0.05, 0.1) is 31.6 Å². The minimum atomic E-state index is -0.319. The van der Waals surface area contributed by atoms with Crippen molar-refractivity contribution in [1.29, 1.82) is 0 Å². The van der Waals surface area contributed by atoms with Gasteiger partial charge in [-0.2, -0.15) is 0 Å². The molecule has 1 heterocycles. The number of carbonyl (C=O) groups excluding carboxylic acids is 1. The van der Waals surface area contributed by atoms with Crippen molar-refractivity contribution in [3.8, 4) is 11.5 Å². The largest absolute Gasteiger partial charge is 0.493 e. The van der Waals surface area contributed by atoms with Crippen LogP contribution in [0.2, 0.25) is 0 Å². The molecule has 2 aromatic carbocycles. The molecule has 2 N–H and O–H groups in total. The average Bonchev–Trinajstić information content (AvgIpc) is 3.62. The summed E-state index contributed by atoms with van der Waals surface area (Å²) in [5, 5.41) is 13.3.